The molecule has 5 nitrogen and oxygen atoms in total. The first-order valence-electron chi connectivity index (χ1n) is 8.15. The Hall–Kier alpha value is -1.88. The molecule has 0 atom stereocenters. The lowest BCUT2D eigenvalue weighted by molar-refractivity contribution is 0.331. The van der Waals surface area contributed by atoms with Gasteiger partial charge in [-0.05, 0) is 37.3 Å². The summed E-state index contributed by atoms with van der Waals surface area (Å²) < 4.78 is 1.65. The van der Waals surface area contributed by atoms with Crippen LogP contribution in [0.3, 0.4) is 0 Å². The van der Waals surface area contributed by atoms with E-state index in [0.717, 1.165) is 42.9 Å². The highest BCUT2D eigenvalue weighted by Crippen LogP contribution is 2.30. The number of nitrogens with zero attached hydrogens (tertiary/aromatic N) is 4. The van der Waals surface area contributed by atoms with E-state index in [4.69, 9.17) is 11.6 Å². The van der Waals surface area contributed by atoms with Gasteiger partial charge in [0.1, 0.15) is 0 Å². The topological polar surface area (TPSA) is 51.0 Å². The molecule has 120 valence electrons. The molecule has 4 rings (SSSR count). The van der Waals surface area contributed by atoms with Gasteiger partial charge in [-0.1, -0.05) is 11.6 Å². The van der Waals surface area contributed by atoms with E-state index in [9.17, 15) is 4.79 Å². The fourth-order valence-electron chi connectivity index (χ4n) is 3.48. The van der Waals surface area contributed by atoms with Crippen molar-refractivity contribution in [2.45, 2.75) is 32.2 Å². The summed E-state index contributed by atoms with van der Waals surface area (Å²) in [6.07, 6.45) is 7.76. The number of aromatic nitrogens is 3. The van der Waals surface area contributed by atoms with Crippen LogP contribution in [0, 0.1) is 5.92 Å². The molecule has 1 fully saturated rings. The van der Waals surface area contributed by atoms with Crippen LogP contribution in [0.1, 0.15) is 24.1 Å². The lowest BCUT2D eigenvalue weighted by atomic mass is 9.96. The number of halogens is 1. The predicted molar refractivity (Wildman–Crippen MR) is 90.1 cm³/mol. The summed E-state index contributed by atoms with van der Waals surface area (Å²) in [6, 6.07) is 3.72. The van der Waals surface area contributed by atoms with Crippen molar-refractivity contribution >= 4 is 17.3 Å². The Morgan fingerprint density at radius 3 is 2.91 bits per heavy atom. The van der Waals surface area contributed by atoms with E-state index >= 15 is 0 Å². The fourth-order valence-corrected chi connectivity index (χ4v) is 3.72. The minimum atomic E-state index is 0.0334. The monoisotopic (exact) mass is 330 g/mol. The third kappa shape index (κ3) is 2.85. The average molecular weight is 331 g/mol. The zero-order valence-electron chi connectivity index (χ0n) is 12.9. The van der Waals surface area contributed by atoms with Crippen LogP contribution in [0.2, 0.25) is 5.02 Å². The van der Waals surface area contributed by atoms with Gasteiger partial charge in [-0.15, -0.1) is 0 Å². The number of hydrogen-bond acceptors (Lipinski definition) is 4. The Morgan fingerprint density at radius 1 is 1.26 bits per heavy atom. The summed E-state index contributed by atoms with van der Waals surface area (Å²) in [5, 5.41) is 5.28. The van der Waals surface area contributed by atoms with Crippen molar-refractivity contribution in [3.8, 4) is 0 Å². The van der Waals surface area contributed by atoms with Crippen molar-refractivity contribution < 1.29 is 0 Å². The van der Waals surface area contributed by atoms with Crippen molar-refractivity contribution in [2.75, 3.05) is 18.0 Å². The van der Waals surface area contributed by atoms with Crippen LogP contribution < -0.4 is 10.5 Å². The molecule has 2 aromatic rings. The Balaban J connectivity index is 1.45. The van der Waals surface area contributed by atoms with E-state index in [0.29, 0.717) is 17.5 Å². The molecule has 0 aromatic carbocycles. The first-order chi connectivity index (χ1) is 11.2. The zero-order valence-corrected chi connectivity index (χ0v) is 13.7. The normalized spacial score (nSPS) is 17.7. The van der Waals surface area contributed by atoms with Gasteiger partial charge in [-0.25, -0.2) is 4.68 Å². The van der Waals surface area contributed by atoms with Crippen LogP contribution in [0.15, 0.2) is 29.3 Å². The van der Waals surface area contributed by atoms with Crippen LogP contribution >= 0.6 is 11.6 Å². The van der Waals surface area contributed by atoms with Gasteiger partial charge < -0.3 is 4.90 Å². The minimum Gasteiger partial charge on any atom is -0.369 e. The molecule has 0 unspecified atom stereocenters. The smallest absolute Gasteiger partial charge is 0.267 e. The second-order valence-electron chi connectivity index (χ2n) is 6.44. The second kappa shape index (κ2) is 5.96. The number of anilines is 1. The van der Waals surface area contributed by atoms with E-state index < -0.39 is 0 Å². The molecule has 23 heavy (non-hydrogen) atoms. The molecule has 1 aliphatic carbocycles. The maximum Gasteiger partial charge on any atom is 0.267 e. The first-order valence-corrected chi connectivity index (χ1v) is 8.53. The van der Waals surface area contributed by atoms with Crippen molar-refractivity contribution in [1.82, 2.24) is 14.8 Å². The SMILES string of the molecule is O=c1cc2c(nn1CC1CN(c3ccncc3Cl)C1)CCCC2. The summed E-state index contributed by atoms with van der Waals surface area (Å²) in [7, 11) is 0. The molecule has 0 spiro atoms. The molecule has 2 aromatic heterocycles. The van der Waals surface area contributed by atoms with Gasteiger partial charge in [0.2, 0.25) is 0 Å². The third-order valence-corrected chi connectivity index (χ3v) is 5.05. The molecule has 0 saturated carbocycles. The van der Waals surface area contributed by atoms with Crippen molar-refractivity contribution in [3.63, 3.8) is 0 Å². The van der Waals surface area contributed by atoms with Crippen LogP contribution in [-0.4, -0.2) is 27.9 Å². The highest BCUT2D eigenvalue weighted by atomic mass is 35.5. The van der Waals surface area contributed by atoms with E-state index in [1.54, 1.807) is 23.1 Å². The summed E-state index contributed by atoms with van der Waals surface area (Å²) >= 11 is 6.17. The highest BCUT2D eigenvalue weighted by molar-refractivity contribution is 6.33. The Labute approximate surface area is 139 Å². The standard InChI is InChI=1S/C17H19ClN4O/c18-14-8-19-6-5-16(14)21-9-12(10-21)11-22-17(23)7-13-3-1-2-4-15(13)20-22/h5-8,12H,1-4,9-11H2. The Kier molecular flexibility index (Phi) is 3.81. The minimum absolute atomic E-state index is 0.0334. The quantitative estimate of drug-likeness (QED) is 0.866. The maximum absolute atomic E-state index is 12.2. The third-order valence-electron chi connectivity index (χ3n) is 4.75. The van der Waals surface area contributed by atoms with Crippen LogP contribution in [0.5, 0.6) is 0 Å². The van der Waals surface area contributed by atoms with Gasteiger partial charge in [-0.3, -0.25) is 9.78 Å². The van der Waals surface area contributed by atoms with Crippen molar-refractivity contribution in [2.24, 2.45) is 5.92 Å². The molecule has 0 amide bonds. The lowest BCUT2D eigenvalue weighted by Crippen LogP contribution is -2.50. The number of pyridine rings is 1. The molecule has 3 heterocycles. The van der Waals surface area contributed by atoms with E-state index in [1.165, 1.54) is 12.8 Å². The number of hydrogen-bond donors (Lipinski definition) is 0. The lowest BCUT2D eigenvalue weighted by Gasteiger charge is -2.41. The summed E-state index contributed by atoms with van der Waals surface area (Å²) in [4.78, 5) is 18.5. The van der Waals surface area contributed by atoms with Gasteiger partial charge in [0, 0.05) is 37.5 Å². The molecular formula is C17H19ClN4O. The summed E-state index contributed by atoms with van der Waals surface area (Å²) in [6.45, 7) is 2.48. The van der Waals surface area contributed by atoms with Crippen molar-refractivity contribution in [1.29, 1.82) is 0 Å². The largest absolute Gasteiger partial charge is 0.369 e. The van der Waals surface area contributed by atoms with Gasteiger partial charge >= 0.3 is 0 Å². The number of fused-ring (bicyclic) bond motifs is 1. The maximum atomic E-state index is 12.2. The van der Waals surface area contributed by atoms with E-state index in [1.807, 2.05) is 6.07 Å². The fraction of sp³-hybridized carbons (Fsp3) is 0.471. The summed E-state index contributed by atoms with van der Waals surface area (Å²) in [5.41, 5.74) is 3.32. The van der Waals surface area contributed by atoms with Gasteiger partial charge in [0.25, 0.3) is 5.56 Å². The number of rotatable bonds is 3. The molecule has 0 N–H and O–H groups in total. The van der Waals surface area contributed by atoms with Gasteiger partial charge in [0.05, 0.1) is 22.9 Å². The van der Waals surface area contributed by atoms with Gasteiger partial charge in [-0.2, -0.15) is 5.10 Å². The van der Waals surface area contributed by atoms with E-state index in [2.05, 4.69) is 15.0 Å². The van der Waals surface area contributed by atoms with Crippen molar-refractivity contribution in [3.05, 3.63) is 51.2 Å². The number of aryl methyl sites for hydroxylation is 2. The molecule has 2 aliphatic rings. The zero-order chi connectivity index (χ0) is 15.8. The Bertz CT molecular complexity index is 782. The highest BCUT2D eigenvalue weighted by Gasteiger charge is 2.29. The predicted octanol–water partition coefficient (Wildman–Crippen LogP) is 2.31. The molecular weight excluding hydrogens is 312 g/mol. The van der Waals surface area contributed by atoms with Crippen LogP contribution in [-0.2, 0) is 19.4 Å². The molecule has 1 saturated heterocycles. The van der Waals surface area contributed by atoms with Crippen LogP contribution in [0.25, 0.3) is 0 Å². The first kappa shape index (κ1) is 14.7. The molecule has 0 bridgehead atoms. The van der Waals surface area contributed by atoms with Crippen LogP contribution in [0.4, 0.5) is 5.69 Å². The average Bonchev–Trinajstić information content (AvgIpc) is 2.52. The molecule has 6 heteroatoms. The summed E-state index contributed by atoms with van der Waals surface area (Å²) in [5.74, 6) is 0.436. The molecule has 1 aliphatic heterocycles. The Morgan fingerprint density at radius 2 is 2.09 bits per heavy atom. The second-order valence-corrected chi connectivity index (χ2v) is 6.85. The van der Waals surface area contributed by atoms with Gasteiger partial charge in [0.15, 0.2) is 0 Å². The molecule has 0 radical (unpaired) electrons. The van der Waals surface area contributed by atoms with E-state index in [-0.39, 0.29) is 5.56 Å².